The minimum absolute atomic E-state index is 0.00255. The van der Waals surface area contributed by atoms with Gasteiger partial charge in [-0.1, -0.05) is 18.9 Å². The molecule has 4 heteroatoms. The third kappa shape index (κ3) is 5.84. The highest BCUT2D eigenvalue weighted by Gasteiger charge is 2.30. The SMILES string of the molecule is C=CCC(=O)C(CC1CC1)NC(=O)OC(C)(C)C. The number of Topliss-reactive ketones (excluding diaryl/α,β-unsaturated/α-hetero) is 1. The molecule has 0 saturated heterocycles. The Morgan fingerprint density at radius 3 is 2.50 bits per heavy atom. The quantitative estimate of drug-likeness (QED) is 0.740. The first-order chi connectivity index (χ1) is 8.31. The summed E-state index contributed by atoms with van der Waals surface area (Å²) < 4.78 is 5.17. The lowest BCUT2D eigenvalue weighted by Gasteiger charge is -2.23. The lowest BCUT2D eigenvalue weighted by Crippen LogP contribution is -2.43. The summed E-state index contributed by atoms with van der Waals surface area (Å²) in [7, 11) is 0. The fourth-order valence-corrected chi connectivity index (χ4v) is 1.69. The summed E-state index contributed by atoms with van der Waals surface area (Å²) in [5.74, 6) is 0.571. The number of allylic oxidation sites excluding steroid dienone is 1. The van der Waals surface area contributed by atoms with E-state index in [1.807, 2.05) is 0 Å². The highest BCUT2D eigenvalue weighted by Crippen LogP contribution is 2.33. The predicted molar refractivity (Wildman–Crippen MR) is 70.3 cm³/mol. The molecule has 1 aliphatic carbocycles. The number of carbonyl (C=O) groups excluding carboxylic acids is 2. The number of hydrogen-bond donors (Lipinski definition) is 1. The van der Waals surface area contributed by atoms with Crippen LogP contribution < -0.4 is 5.32 Å². The summed E-state index contributed by atoms with van der Waals surface area (Å²) in [6.07, 6.45) is 4.34. The van der Waals surface area contributed by atoms with E-state index >= 15 is 0 Å². The standard InChI is InChI=1S/C14H23NO3/c1-5-6-12(16)11(9-10-7-8-10)15-13(17)18-14(2,3)4/h5,10-11H,1,6-9H2,2-4H3,(H,15,17). The van der Waals surface area contributed by atoms with Crippen LogP contribution in [0.4, 0.5) is 4.79 Å². The summed E-state index contributed by atoms with van der Waals surface area (Å²) in [4.78, 5) is 23.5. The first kappa shape index (κ1) is 14.7. The number of hydrogen-bond acceptors (Lipinski definition) is 3. The van der Waals surface area contributed by atoms with Gasteiger partial charge in [0.25, 0.3) is 0 Å². The molecule has 0 heterocycles. The Balaban J connectivity index is 2.51. The average molecular weight is 253 g/mol. The van der Waals surface area contributed by atoms with Gasteiger partial charge in [-0.2, -0.15) is 0 Å². The smallest absolute Gasteiger partial charge is 0.408 e. The summed E-state index contributed by atoms with van der Waals surface area (Å²) in [5, 5.41) is 2.67. The number of nitrogens with one attached hydrogen (secondary N) is 1. The van der Waals surface area contributed by atoms with Gasteiger partial charge in [0, 0.05) is 6.42 Å². The van der Waals surface area contributed by atoms with Gasteiger partial charge < -0.3 is 10.1 Å². The molecule has 1 amide bonds. The van der Waals surface area contributed by atoms with Gasteiger partial charge in [0.15, 0.2) is 5.78 Å². The van der Waals surface area contributed by atoms with Gasteiger partial charge in [-0.25, -0.2) is 4.79 Å². The van der Waals surface area contributed by atoms with E-state index in [-0.39, 0.29) is 12.2 Å². The molecule has 1 unspecified atom stereocenters. The van der Waals surface area contributed by atoms with Crippen LogP contribution in [0.1, 0.15) is 46.5 Å². The number of rotatable bonds is 6. The first-order valence-electron chi connectivity index (χ1n) is 6.45. The topological polar surface area (TPSA) is 55.4 Å². The van der Waals surface area contributed by atoms with E-state index in [0.29, 0.717) is 12.3 Å². The van der Waals surface area contributed by atoms with Crippen LogP contribution in [-0.4, -0.2) is 23.5 Å². The van der Waals surface area contributed by atoms with Crippen molar-refractivity contribution in [2.45, 2.75) is 58.1 Å². The maximum absolute atomic E-state index is 11.9. The van der Waals surface area contributed by atoms with Crippen molar-refractivity contribution in [2.75, 3.05) is 0 Å². The van der Waals surface area contributed by atoms with Crippen molar-refractivity contribution < 1.29 is 14.3 Å². The number of carbonyl (C=O) groups is 2. The van der Waals surface area contributed by atoms with Crippen LogP contribution in [0, 0.1) is 5.92 Å². The second-order valence-electron chi connectivity index (χ2n) is 5.84. The Hall–Kier alpha value is -1.32. The normalized spacial score (nSPS) is 16.8. The van der Waals surface area contributed by atoms with Crippen molar-refractivity contribution >= 4 is 11.9 Å². The monoisotopic (exact) mass is 253 g/mol. The van der Waals surface area contributed by atoms with E-state index in [0.717, 1.165) is 12.8 Å². The molecule has 1 fully saturated rings. The van der Waals surface area contributed by atoms with Crippen LogP contribution in [0.15, 0.2) is 12.7 Å². The summed E-state index contributed by atoms with van der Waals surface area (Å²) >= 11 is 0. The predicted octanol–water partition coefficient (Wildman–Crippen LogP) is 2.83. The Bertz CT molecular complexity index is 326. The fourth-order valence-electron chi connectivity index (χ4n) is 1.69. The van der Waals surface area contributed by atoms with Gasteiger partial charge in [0.1, 0.15) is 5.60 Å². The van der Waals surface area contributed by atoms with Gasteiger partial charge in [-0.05, 0) is 33.1 Å². The molecule has 0 bridgehead atoms. The molecule has 1 rings (SSSR count). The lowest BCUT2D eigenvalue weighted by molar-refractivity contribution is -0.120. The maximum atomic E-state index is 11.9. The van der Waals surface area contributed by atoms with Crippen LogP contribution in [0.2, 0.25) is 0 Å². The summed E-state index contributed by atoms with van der Waals surface area (Å²) in [5.41, 5.74) is -0.546. The molecular formula is C14H23NO3. The molecule has 102 valence electrons. The molecule has 0 aromatic rings. The molecule has 18 heavy (non-hydrogen) atoms. The molecule has 0 aromatic carbocycles. The van der Waals surface area contributed by atoms with Crippen molar-refractivity contribution in [3.63, 3.8) is 0 Å². The molecular weight excluding hydrogens is 230 g/mol. The lowest BCUT2D eigenvalue weighted by atomic mass is 10.0. The van der Waals surface area contributed by atoms with E-state index in [1.165, 1.54) is 0 Å². The molecule has 1 N–H and O–H groups in total. The Morgan fingerprint density at radius 1 is 1.44 bits per heavy atom. The van der Waals surface area contributed by atoms with Gasteiger partial charge in [-0.15, -0.1) is 6.58 Å². The largest absolute Gasteiger partial charge is 0.444 e. The summed E-state index contributed by atoms with van der Waals surface area (Å²) in [6, 6.07) is -0.439. The van der Waals surface area contributed by atoms with E-state index in [9.17, 15) is 9.59 Å². The highest BCUT2D eigenvalue weighted by atomic mass is 16.6. The van der Waals surface area contributed by atoms with Crippen LogP contribution in [0.3, 0.4) is 0 Å². The van der Waals surface area contributed by atoms with Crippen molar-refractivity contribution in [1.29, 1.82) is 0 Å². The number of ether oxygens (including phenoxy) is 1. The van der Waals surface area contributed by atoms with Gasteiger partial charge in [-0.3, -0.25) is 4.79 Å². The van der Waals surface area contributed by atoms with Crippen molar-refractivity contribution in [2.24, 2.45) is 5.92 Å². The number of alkyl carbamates (subject to hydrolysis) is 1. The van der Waals surface area contributed by atoms with Crippen LogP contribution in [0.25, 0.3) is 0 Å². The molecule has 0 spiro atoms. The molecule has 0 aromatic heterocycles. The zero-order valence-corrected chi connectivity index (χ0v) is 11.5. The minimum Gasteiger partial charge on any atom is -0.444 e. The molecule has 1 aliphatic rings. The van der Waals surface area contributed by atoms with E-state index in [4.69, 9.17) is 4.74 Å². The Labute approximate surface area is 109 Å². The highest BCUT2D eigenvalue weighted by molar-refractivity contribution is 5.88. The van der Waals surface area contributed by atoms with Crippen molar-refractivity contribution in [1.82, 2.24) is 5.32 Å². The number of amides is 1. The average Bonchev–Trinajstić information content (AvgIpc) is 2.98. The van der Waals surface area contributed by atoms with Gasteiger partial charge in [0.05, 0.1) is 6.04 Å². The zero-order valence-electron chi connectivity index (χ0n) is 11.5. The molecule has 0 aliphatic heterocycles. The van der Waals surface area contributed by atoms with Gasteiger partial charge >= 0.3 is 6.09 Å². The second-order valence-corrected chi connectivity index (χ2v) is 5.84. The molecule has 1 saturated carbocycles. The number of ketones is 1. The maximum Gasteiger partial charge on any atom is 0.408 e. The third-order valence-corrected chi connectivity index (χ3v) is 2.69. The Morgan fingerprint density at radius 2 is 2.06 bits per heavy atom. The minimum atomic E-state index is -0.546. The van der Waals surface area contributed by atoms with Gasteiger partial charge in [0.2, 0.25) is 0 Å². The first-order valence-corrected chi connectivity index (χ1v) is 6.45. The Kier molecular flexibility index (Phi) is 4.93. The second kappa shape index (κ2) is 6.03. The zero-order chi connectivity index (χ0) is 13.8. The summed E-state index contributed by atoms with van der Waals surface area (Å²) in [6.45, 7) is 8.95. The van der Waals surface area contributed by atoms with E-state index < -0.39 is 17.7 Å². The van der Waals surface area contributed by atoms with Crippen LogP contribution in [-0.2, 0) is 9.53 Å². The molecule has 4 nitrogen and oxygen atoms in total. The van der Waals surface area contributed by atoms with Crippen molar-refractivity contribution in [3.8, 4) is 0 Å². The van der Waals surface area contributed by atoms with Crippen molar-refractivity contribution in [3.05, 3.63) is 12.7 Å². The molecule has 1 atom stereocenters. The van der Waals surface area contributed by atoms with E-state index in [1.54, 1.807) is 26.8 Å². The van der Waals surface area contributed by atoms with E-state index in [2.05, 4.69) is 11.9 Å². The van der Waals surface area contributed by atoms with Crippen LogP contribution >= 0.6 is 0 Å². The third-order valence-electron chi connectivity index (χ3n) is 2.69. The fraction of sp³-hybridized carbons (Fsp3) is 0.714. The molecule has 0 radical (unpaired) electrons. The van der Waals surface area contributed by atoms with Crippen LogP contribution in [0.5, 0.6) is 0 Å².